The van der Waals surface area contributed by atoms with Gasteiger partial charge >= 0.3 is 0 Å². The molecule has 2 aromatic rings. The summed E-state index contributed by atoms with van der Waals surface area (Å²) < 4.78 is 54.4. The average molecular weight is 367 g/mol. The highest BCUT2D eigenvalue weighted by Gasteiger charge is 2.28. The maximum Gasteiger partial charge on any atom is 0.253 e. The number of pyridine rings is 1. The van der Waals surface area contributed by atoms with Gasteiger partial charge in [-0.15, -0.1) is 0 Å². The highest BCUT2D eigenvalue weighted by atomic mass is 19.2. The van der Waals surface area contributed by atoms with Crippen LogP contribution in [0.5, 0.6) is 0 Å². The number of hydrogen-bond donors (Lipinski definition) is 0. The lowest BCUT2D eigenvalue weighted by Gasteiger charge is -2.35. The molecule has 0 spiro atoms. The summed E-state index contributed by atoms with van der Waals surface area (Å²) in [6.07, 6.45) is 1.40. The lowest BCUT2D eigenvalue weighted by molar-refractivity contribution is 0.241. The second-order valence-electron chi connectivity index (χ2n) is 6.78. The van der Waals surface area contributed by atoms with Crippen molar-refractivity contribution in [1.29, 1.82) is 0 Å². The number of piperidine rings is 1. The molecular formula is C19H21F4N3. The van der Waals surface area contributed by atoms with Crippen molar-refractivity contribution >= 4 is 5.69 Å². The van der Waals surface area contributed by atoms with Crippen LogP contribution in [0.2, 0.25) is 0 Å². The molecule has 1 saturated heterocycles. The van der Waals surface area contributed by atoms with E-state index < -0.39 is 29.2 Å². The molecule has 0 N–H and O–H groups in total. The summed E-state index contributed by atoms with van der Waals surface area (Å²) in [6.45, 7) is 2.37. The summed E-state index contributed by atoms with van der Waals surface area (Å²) in [7, 11) is 2.03. The predicted octanol–water partition coefficient (Wildman–Crippen LogP) is 3.99. The number of benzene rings is 1. The minimum atomic E-state index is -1.61. The van der Waals surface area contributed by atoms with Crippen molar-refractivity contribution < 1.29 is 17.6 Å². The summed E-state index contributed by atoms with van der Waals surface area (Å²) in [4.78, 5) is 6.18. The predicted molar refractivity (Wildman–Crippen MR) is 91.8 cm³/mol. The zero-order chi connectivity index (χ0) is 18.7. The summed E-state index contributed by atoms with van der Waals surface area (Å²) >= 11 is 0. The molecule has 3 nitrogen and oxygen atoms in total. The van der Waals surface area contributed by atoms with Crippen LogP contribution in [0.25, 0.3) is 0 Å². The fraction of sp³-hybridized carbons (Fsp3) is 0.421. The van der Waals surface area contributed by atoms with Crippen molar-refractivity contribution in [3.05, 3.63) is 59.4 Å². The Bertz CT molecular complexity index is 720. The Labute approximate surface area is 150 Å². The van der Waals surface area contributed by atoms with Gasteiger partial charge in [0.15, 0.2) is 0 Å². The van der Waals surface area contributed by atoms with Gasteiger partial charge in [-0.05, 0) is 31.4 Å². The van der Waals surface area contributed by atoms with E-state index in [-0.39, 0.29) is 0 Å². The van der Waals surface area contributed by atoms with Crippen molar-refractivity contribution in [1.82, 2.24) is 9.88 Å². The quantitative estimate of drug-likeness (QED) is 0.589. The highest BCUT2D eigenvalue weighted by Crippen LogP contribution is 2.30. The monoisotopic (exact) mass is 367 g/mol. The smallest absolute Gasteiger partial charge is 0.253 e. The number of hydrogen-bond acceptors (Lipinski definition) is 3. The van der Waals surface area contributed by atoms with E-state index in [4.69, 9.17) is 0 Å². The molecule has 7 heteroatoms. The number of nitrogens with zero attached hydrogens (tertiary/aromatic N) is 3. The maximum absolute atomic E-state index is 13.9. The molecule has 2 heterocycles. The lowest BCUT2D eigenvalue weighted by atomic mass is 9.95. The standard InChI is InChI=1S/C19H21F4N3/c1-25(11-13-5-3-2-4-6-13)12-14-7-9-26(10-8-14)17-15(20)18(22)24-19(23)16(17)21/h2-6,14H,7-12H2,1H3. The molecule has 0 unspecified atom stereocenters. The molecule has 140 valence electrons. The molecule has 0 atom stereocenters. The summed E-state index contributed by atoms with van der Waals surface area (Å²) in [5.41, 5.74) is 0.574. The average Bonchev–Trinajstić information content (AvgIpc) is 2.62. The van der Waals surface area contributed by atoms with Gasteiger partial charge in [-0.25, -0.2) is 0 Å². The Morgan fingerprint density at radius 2 is 1.58 bits per heavy atom. The molecule has 1 aliphatic heterocycles. The zero-order valence-corrected chi connectivity index (χ0v) is 14.6. The summed E-state index contributed by atoms with van der Waals surface area (Å²) in [5, 5.41) is 0. The van der Waals surface area contributed by atoms with Gasteiger partial charge in [-0.1, -0.05) is 30.3 Å². The SMILES string of the molecule is CN(Cc1ccccc1)CC1CCN(c2c(F)c(F)nc(F)c2F)CC1. The first-order chi connectivity index (χ1) is 12.5. The Morgan fingerprint density at radius 3 is 2.15 bits per heavy atom. The van der Waals surface area contributed by atoms with E-state index in [1.807, 2.05) is 25.2 Å². The van der Waals surface area contributed by atoms with Crippen molar-refractivity contribution in [3.63, 3.8) is 0 Å². The van der Waals surface area contributed by atoms with Crippen LogP contribution >= 0.6 is 0 Å². The maximum atomic E-state index is 13.9. The van der Waals surface area contributed by atoms with E-state index in [2.05, 4.69) is 22.0 Å². The van der Waals surface area contributed by atoms with E-state index in [0.717, 1.165) is 13.1 Å². The second kappa shape index (κ2) is 8.03. The Morgan fingerprint density at radius 1 is 1.00 bits per heavy atom. The van der Waals surface area contributed by atoms with Crippen molar-refractivity contribution in [2.24, 2.45) is 5.92 Å². The molecule has 0 radical (unpaired) electrons. The van der Waals surface area contributed by atoms with E-state index in [1.54, 1.807) is 0 Å². The fourth-order valence-corrected chi connectivity index (χ4v) is 3.49. The molecule has 0 aliphatic carbocycles. The van der Waals surface area contributed by atoms with Gasteiger partial charge in [-0.2, -0.15) is 22.5 Å². The highest BCUT2D eigenvalue weighted by molar-refractivity contribution is 5.48. The number of rotatable bonds is 5. The molecular weight excluding hydrogens is 346 g/mol. The normalized spacial score (nSPS) is 15.7. The largest absolute Gasteiger partial charge is 0.366 e. The van der Waals surface area contributed by atoms with Gasteiger partial charge in [0.25, 0.3) is 11.9 Å². The van der Waals surface area contributed by atoms with E-state index in [1.165, 1.54) is 10.5 Å². The number of halogens is 4. The van der Waals surface area contributed by atoms with Crippen molar-refractivity contribution in [2.45, 2.75) is 19.4 Å². The van der Waals surface area contributed by atoms with Crippen LogP contribution in [0.15, 0.2) is 30.3 Å². The Kier molecular flexibility index (Phi) is 5.76. The molecule has 1 aliphatic rings. The van der Waals surface area contributed by atoms with Crippen LogP contribution in [0.1, 0.15) is 18.4 Å². The van der Waals surface area contributed by atoms with Crippen molar-refractivity contribution in [3.8, 4) is 0 Å². The second-order valence-corrected chi connectivity index (χ2v) is 6.78. The van der Waals surface area contributed by atoms with Gasteiger partial charge in [0.1, 0.15) is 5.69 Å². The first kappa shape index (κ1) is 18.6. The summed E-state index contributed by atoms with van der Waals surface area (Å²) in [6, 6.07) is 10.1. The van der Waals surface area contributed by atoms with Crippen LogP contribution in [-0.4, -0.2) is 36.6 Å². The molecule has 1 fully saturated rings. The van der Waals surface area contributed by atoms with E-state index in [9.17, 15) is 17.6 Å². The third kappa shape index (κ3) is 4.15. The van der Waals surface area contributed by atoms with Gasteiger partial charge in [0, 0.05) is 26.2 Å². The number of aromatic nitrogens is 1. The van der Waals surface area contributed by atoms with Crippen LogP contribution in [-0.2, 0) is 6.54 Å². The molecule has 1 aromatic heterocycles. The van der Waals surface area contributed by atoms with E-state index in [0.29, 0.717) is 31.8 Å². The fourth-order valence-electron chi connectivity index (χ4n) is 3.49. The van der Waals surface area contributed by atoms with Gasteiger partial charge in [0.05, 0.1) is 0 Å². The Hall–Kier alpha value is -2.15. The third-order valence-electron chi connectivity index (χ3n) is 4.77. The molecule has 0 saturated carbocycles. The minimum Gasteiger partial charge on any atom is -0.366 e. The molecule has 3 rings (SSSR count). The van der Waals surface area contributed by atoms with Crippen molar-refractivity contribution in [2.75, 3.05) is 31.6 Å². The van der Waals surface area contributed by atoms with Gasteiger partial charge in [0.2, 0.25) is 11.6 Å². The van der Waals surface area contributed by atoms with Gasteiger partial charge in [-0.3, -0.25) is 0 Å². The van der Waals surface area contributed by atoms with Crippen LogP contribution < -0.4 is 4.90 Å². The molecule has 1 aromatic carbocycles. The Balaban J connectivity index is 1.58. The molecule has 0 amide bonds. The minimum absolute atomic E-state index is 0.348. The summed E-state index contributed by atoms with van der Waals surface area (Å²) in [5.74, 6) is -5.71. The van der Waals surface area contributed by atoms with E-state index >= 15 is 0 Å². The molecule has 26 heavy (non-hydrogen) atoms. The van der Waals surface area contributed by atoms with Gasteiger partial charge < -0.3 is 9.80 Å². The zero-order valence-electron chi connectivity index (χ0n) is 14.6. The van der Waals surface area contributed by atoms with Crippen LogP contribution in [0.3, 0.4) is 0 Å². The topological polar surface area (TPSA) is 19.4 Å². The number of anilines is 1. The van der Waals surface area contributed by atoms with Crippen LogP contribution in [0.4, 0.5) is 23.2 Å². The third-order valence-corrected chi connectivity index (χ3v) is 4.77. The first-order valence-electron chi connectivity index (χ1n) is 8.63. The van der Waals surface area contributed by atoms with Crippen LogP contribution in [0, 0.1) is 29.4 Å². The molecule has 0 bridgehead atoms. The lowest BCUT2D eigenvalue weighted by Crippen LogP contribution is -2.39. The first-order valence-corrected chi connectivity index (χ1v) is 8.63.